The maximum absolute atomic E-state index is 5.69. The first-order valence-corrected chi connectivity index (χ1v) is 17.1. The van der Waals surface area contributed by atoms with Crippen LogP contribution >= 0.6 is 11.3 Å². The molecule has 5 heteroatoms. The molecule has 0 aliphatic carbocycles. The minimum Gasteiger partial charge on any atom is -0.255 e. The first kappa shape index (κ1) is 27.8. The molecular weight excluding hydrogens is 617 g/mol. The molecule has 0 aliphatic heterocycles. The van der Waals surface area contributed by atoms with E-state index in [9.17, 15) is 0 Å². The van der Waals surface area contributed by atoms with E-state index < -0.39 is 0 Å². The highest BCUT2D eigenvalue weighted by Crippen LogP contribution is 2.46. The molecule has 5 heterocycles. The van der Waals surface area contributed by atoms with E-state index in [0.29, 0.717) is 0 Å². The van der Waals surface area contributed by atoms with Gasteiger partial charge in [0.05, 0.1) is 34.0 Å². The number of benzene rings is 5. The highest BCUT2D eigenvalue weighted by molar-refractivity contribution is 7.26. The molecule has 228 valence electrons. The minimum absolute atomic E-state index is 0.791. The van der Waals surface area contributed by atoms with Crippen molar-refractivity contribution in [3.63, 3.8) is 0 Å². The summed E-state index contributed by atoms with van der Waals surface area (Å²) in [5, 5.41) is 8.44. The van der Waals surface area contributed by atoms with Crippen molar-refractivity contribution >= 4 is 64.0 Å². The van der Waals surface area contributed by atoms with Crippen molar-refractivity contribution in [3.8, 4) is 45.2 Å². The lowest BCUT2D eigenvalue weighted by molar-refractivity contribution is 1.22. The van der Waals surface area contributed by atoms with Crippen LogP contribution in [0.25, 0.3) is 97.8 Å². The van der Waals surface area contributed by atoms with Crippen LogP contribution in [0.2, 0.25) is 0 Å². The SMILES string of the molecule is c1ccc(-c2cc(-c3cccc4c3nc(-c3cc5ccccc5c5ccccc35)c3c5ccccc5sc43)cc(-c3ccccn3)n2)nc1. The number of nitrogens with zero attached hydrogens (tertiary/aromatic N) is 4. The van der Waals surface area contributed by atoms with Crippen molar-refractivity contribution in [1.82, 2.24) is 19.9 Å². The van der Waals surface area contributed by atoms with Gasteiger partial charge in [0, 0.05) is 49.1 Å². The van der Waals surface area contributed by atoms with Crippen molar-refractivity contribution in [1.29, 1.82) is 0 Å². The maximum atomic E-state index is 5.69. The van der Waals surface area contributed by atoms with Crippen LogP contribution in [0.4, 0.5) is 0 Å². The maximum Gasteiger partial charge on any atom is 0.0900 e. The normalized spacial score (nSPS) is 11.7. The summed E-state index contributed by atoms with van der Waals surface area (Å²) < 4.78 is 2.49. The molecule has 0 N–H and O–H groups in total. The molecule has 0 unspecified atom stereocenters. The molecular formula is C44H26N4S. The van der Waals surface area contributed by atoms with Gasteiger partial charge in [-0.2, -0.15) is 0 Å². The number of aromatic nitrogens is 4. The molecule has 5 aromatic carbocycles. The van der Waals surface area contributed by atoms with E-state index in [1.54, 1.807) is 0 Å². The topological polar surface area (TPSA) is 51.6 Å². The van der Waals surface area contributed by atoms with E-state index in [2.05, 4.69) is 119 Å². The number of rotatable bonds is 4. The van der Waals surface area contributed by atoms with Crippen LogP contribution in [-0.4, -0.2) is 19.9 Å². The Morgan fingerprint density at radius 3 is 1.80 bits per heavy atom. The van der Waals surface area contributed by atoms with Crippen molar-refractivity contribution in [2.75, 3.05) is 0 Å². The number of fused-ring (bicyclic) bond motifs is 8. The van der Waals surface area contributed by atoms with Crippen LogP contribution < -0.4 is 0 Å². The Hall–Kier alpha value is -6.30. The van der Waals surface area contributed by atoms with Gasteiger partial charge in [0.25, 0.3) is 0 Å². The third-order valence-corrected chi connectivity index (χ3v) is 10.6. The van der Waals surface area contributed by atoms with E-state index in [1.807, 2.05) is 60.1 Å². The molecule has 4 nitrogen and oxygen atoms in total. The Balaban J connectivity index is 1.33. The van der Waals surface area contributed by atoms with Crippen LogP contribution in [-0.2, 0) is 0 Å². The third-order valence-electron chi connectivity index (χ3n) is 9.35. The largest absolute Gasteiger partial charge is 0.255 e. The summed E-state index contributed by atoms with van der Waals surface area (Å²) in [6.07, 6.45) is 3.61. The van der Waals surface area contributed by atoms with E-state index in [1.165, 1.54) is 41.7 Å². The summed E-state index contributed by atoms with van der Waals surface area (Å²) in [6.45, 7) is 0. The lowest BCUT2D eigenvalue weighted by Crippen LogP contribution is -1.96. The lowest BCUT2D eigenvalue weighted by Gasteiger charge is -2.15. The number of para-hydroxylation sites is 1. The summed E-state index contributed by atoms with van der Waals surface area (Å²) in [4.78, 5) is 20.0. The zero-order chi connectivity index (χ0) is 32.3. The molecule has 0 aliphatic rings. The second kappa shape index (κ2) is 11.2. The summed E-state index contributed by atoms with van der Waals surface area (Å²) in [5.41, 5.74) is 8.35. The second-order valence-corrected chi connectivity index (χ2v) is 13.3. The van der Waals surface area contributed by atoms with E-state index in [4.69, 9.17) is 9.97 Å². The Morgan fingerprint density at radius 1 is 0.429 bits per heavy atom. The summed E-state index contributed by atoms with van der Waals surface area (Å²) in [5.74, 6) is 0. The molecule has 5 aromatic heterocycles. The zero-order valence-electron chi connectivity index (χ0n) is 26.2. The van der Waals surface area contributed by atoms with Crippen molar-refractivity contribution < 1.29 is 0 Å². The average molecular weight is 643 g/mol. The summed E-state index contributed by atoms with van der Waals surface area (Å²) in [6, 6.07) is 51.0. The second-order valence-electron chi connectivity index (χ2n) is 12.2. The number of thiophene rings is 1. The fourth-order valence-corrected chi connectivity index (χ4v) is 8.37. The molecule has 0 spiro atoms. The van der Waals surface area contributed by atoms with Crippen LogP contribution in [0.5, 0.6) is 0 Å². The van der Waals surface area contributed by atoms with Gasteiger partial charge in [0.1, 0.15) is 0 Å². The highest BCUT2D eigenvalue weighted by atomic mass is 32.1. The molecule has 0 saturated carbocycles. The van der Waals surface area contributed by atoms with Gasteiger partial charge in [-0.25, -0.2) is 9.97 Å². The van der Waals surface area contributed by atoms with Crippen LogP contribution in [0, 0.1) is 0 Å². The predicted molar refractivity (Wildman–Crippen MR) is 205 cm³/mol. The van der Waals surface area contributed by atoms with Crippen molar-refractivity contribution in [3.05, 3.63) is 158 Å². The van der Waals surface area contributed by atoms with Gasteiger partial charge < -0.3 is 0 Å². The summed E-state index contributed by atoms with van der Waals surface area (Å²) >= 11 is 1.84. The predicted octanol–water partition coefficient (Wildman–Crippen LogP) is 11.8. The molecule has 10 rings (SSSR count). The van der Waals surface area contributed by atoms with E-state index in [-0.39, 0.29) is 0 Å². The van der Waals surface area contributed by atoms with E-state index in [0.717, 1.165) is 56.1 Å². The fourth-order valence-electron chi connectivity index (χ4n) is 7.14. The van der Waals surface area contributed by atoms with Gasteiger partial charge in [0.15, 0.2) is 0 Å². The highest BCUT2D eigenvalue weighted by Gasteiger charge is 2.21. The van der Waals surface area contributed by atoms with Gasteiger partial charge in [0.2, 0.25) is 0 Å². The first-order chi connectivity index (χ1) is 24.3. The zero-order valence-corrected chi connectivity index (χ0v) is 27.0. The Kier molecular flexibility index (Phi) is 6.32. The lowest BCUT2D eigenvalue weighted by atomic mass is 9.92. The molecule has 0 radical (unpaired) electrons. The third kappa shape index (κ3) is 4.51. The monoisotopic (exact) mass is 642 g/mol. The molecule has 0 bridgehead atoms. The van der Waals surface area contributed by atoms with Gasteiger partial charge in [-0.3, -0.25) is 9.97 Å². The molecule has 0 fully saturated rings. The Morgan fingerprint density at radius 2 is 1.06 bits per heavy atom. The van der Waals surface area contributed by atoms with Crippen LogP contribution in [0.15, 0.2) is 158 Å². The molecule has 10 aromatic rings. The Labute approximate surface area is 286 Å². The molecule has 0 saturated heterocycles. The first-order valence-electron chi connectivity index (χ1n) is 16.3. The number of hydrogen-bond acceptors (Lipinski definition) is 5. The average Bonchev–Trinajstić information content (AvgIpc) is 3.58. The number of pyridine rings is 4. The van der Waals surface area contributed by atoms with Gasteiger partial charge in [-0.05, 0) is 75.6 Å². The molecule has 0 amide bonds. The molecule has 0 atom stereocenters. The van der Waals surface area contributed by atoms with Crippen LogP contribution in [0.1, 0.15) is 0 Å². The number of hydrogen-bond donors (Lipinski definition) is 0. The van der Waals surface area contributed by atoms with E-state index >= 15 is 0 Å². The quantitative estimate of drug-likeness (QED) is 0.179. The molecule has 49 heavy (non-hydrogen) atoms. The Bertz CT molecular complexity index is 2820. The van der Waals surface area contributed by atoms with Crippen molar-refractivity contribution in [2.45, 2.75) is 0 Å². The standard InChI is InChI=1S/C44H26N4S/c1-2-13-29-27(12-1)24-35(32-15-4-3-14-31(29)32)43-41-33-16-5-6-21-40(33)49-44(41)34-18-11-17-30(42(34)48-43)28-25-38(36-19-7-9-22-45-36)47-39(26-28)37-20-8-10-23-46-37/h1-26H. The summed E-state index contributed by atoms with van der Waals surface area (Å²) in [7, 11) is 0. The van der Waals surface area contributed by atoms with Gasteiger partial charge >= 0.3 is 0 Å². The minimum atomic E-state index is 0.791. The van der Waals surface area contributed by atoms with Crippen LogP contribution in [0.3, 0.4) is 0 Å². The fraction of sp³-hybridized carbons (Fsp3) is 0. The van der Waals surface area contributed by atoms with Crippen molar-refractivity contribution in [2.24, 2.45) is 0 Å². The van der Waals surface area contributed by atoms with Gasteiger partial charge in [-0.15, -0.1) is 11.3 Å². The smallest absolute Gasteiger partial charge is 0.0900 e. The van der Waals surface area contributed by atoms with Gasteiger partial charge in [-0.1, -0.05) is 97.1 Å².